The monoisotopic (exact) mass is 371 g/mol. The van der Waals surface area contributed by atoms with Gasteiger partial charge in [-0.2, -0.15) is 0 Å². The van der Waals surface area contributed by atoms with Gasteiger partial charge in [-0.25, -0.2) is 4.98 Å². The molecule has 0 radical (unpaired) electrons. The van der Waals surface area contributed by atoms with Gasteiger partial charge in [0.15, 0.2) is 0 Å². The zero-order chi connectivity index (χ0) is 19.3. The van der Waals surface area contributed by atoms with Gasteiger partial charge in [0.2, 0.25) is 5.91 Å². The standard InChI is InChI=1S/C23H21N3O2/c1-17-8-7-9-18(14-17)24-23(27)15-26-21-13-6-5-12-20(21)25-22(26)16-28-19-10-3-2-4-11-19/h2-14H,15-16H2,1H3,(H,24,27). The molecule has 0 saturated heterocycles. The van der Waals surface area contributed by atoms with Gasteiger partial charge in [0.05, 0.1) is 11.0 Å². The van der Waals surface area contributed by atoms with E-state index in [-0.39, 0.29) is 19.1 Å². The minimum absolute atomic E-state index is 0.102. The van der Waals surface area contributed by atoms with E-state index in [9.17, 15) is 4.79 Å². The molecular weight excluding hydrogens is 350 g/mol. The van der Waals surface area contributed by atoms with Crippen molar-refractivity contribution < 1.29 is 9.53 Å². The van der Waals surface area contributed by atoms with Crippen molar-refractivity contribution in [2.45, 2.75) is 20.1 Å². The molecule has 1 N–H and O–H groups in total. The van der Waals surface area contributed by atoms with Gasteiger partial charge in [-0.05, 0) is 48.9 Å². The number of nitrogens with zero attached hydrogens (tertiary/aromatic N) is 2. The highest BCUT2D eigenvalue weighted by atomic mass is 16.5. The zero-order valence-corrected chi connectivity index (χ0v) is 15.6. The maximum atomic E-state index is 12.7. The van der Waals surface area contributed by atoms with Crippen LogP contribution in [0.3, 0.4) is 0 Å². The van der Waals surface area contributed by atoms with E-state index in [1.807, 2.05) is 90.4 Å². The van der Waals surface area contributed by atoms with Gasteiger partial charge in [-0.3, -0.25) is 4.79 Å². The Morgan fingerprint density at radius 2 is 1.79 bits per heavy atom. The number of ether oxygens (including phenoxy) is 1. The number of aromatic nitrogens is 2. The third-order valence-electron chi connectivity index (χ3n) is 4.45. The summed E-state index contributed by atoms with van der Waals surface area (Å²) in [5.74, 6) is 1.38. The number of rotatable bonds is 6. The van der Waals surface area contributed by atoms with E-state index in [0.29, 0.717) is 5.82 Å². The largest absolute Gasteiger partial charge is 0.486 e. The molecule has 0 unspecified atom stereocenters. The molecule has 5 nitrogen and oxygen atoms in total. The van der Waals surface area contributed by atoms with Gasteiger partial charge in [0, 0.05) is 5.69 Å². The summed E-state index contributed by atoms with van der Waals surface area (Å²) >= 11 is 0. The van der Waals surface area contributed by atoms with Crippen molar-refractivity contribution in [1.82, 2.24) is 9.55 Å². The maximum absolute atomic E-state index is 12.7. The van der Waals surface area contributed by atoms with Crippen LogP contribution >= 0.6 is 0 Å². The van der Waals surface area contributed by atoms with Crippen molar-refractivity contribution in [2.75, 3.05) is 5.32 Å². The highest BCUT2D eigenvalue weighted by Gasteiger charge is 2.14. The van der Waals surface area contributed by atoms with E-state index < -0.39 is 0 Å². The molecule has 3 aromatic carbocycles. The van der Waals surface area contributed by atoms with E-state index in [1.54, 1.807) is 0 Å². The second kappa shape index (κ2) is 7.96. The number of carbonyl (C=O) groups is 1. The van der Waals surface area contributed by atoms with Crippen LogP contribution in [0.25, 0.3) is 11.0 Å². The Morgan fingerprint density at radius 1 is 1.00 bits per heavy atom. The van der Waals surface area contributed by atoms with Crippen LogP contribution in [0.1, 0.15) is 11.4 Å². The van der Waals surface area contributed by atoms with Crippen LogP contribution in [-0.4, -0.2) is 15.5 Å². The Bertz CT molecular complexity index is 1100. The summed E-state index contributed by atoms with van der Waals surface area (Å²) in [4.78, 5) is 17.3. The number of imidazole rings is 1. The first-order valence-corrected chi connectivity index (χ1v) is 9.17. The molecule has 4 rings (SSSR count). The fourth-order valence-corrected chi connectivity index (χ4v) is 3.14. The Balaban J connectivity index is 1.56. The van der Waals surface area contributed by atoms with Gasteiger partial charge in [0.25, 0.3) is 0 Å². The summed E-state index contributed by atoms with van der Waals surface area (Å²) < 4.78 is 7.77. The molecule has 0 fully saturated rings. The molecule has 0 saturated carbocycles. The smallest absolute Gasteiger partial charge is 0.244 e. The van der Waals surface area contributed by atoms with Crippen molar-refractivity contribution in [3.05, 3.63) is 90.3 Å². The molecule has 5 heteroatoms. The summed E-state index contributed by atoms with van der Waals surface area (Å²) in [5.41, 5.74) is 3.64. The zero-order valence-electron chi connectivity index (χ0n) is 15.6. The number of carbonyl (C=O) groups excluding carboxylic acids is 1. The van der Waals surface area contributed by atoms with Gasteiger partial charge in [0.1, 0.15) is 24.7 Å². The molecule has 4 aromatic rings. The van der Waals surface area contributed by atoms with Gasteiger partial charge < -0.3 is 14.6 Å². The Labute approximate surface area is 163 Å². The lowest BCUT2D eigenvalue weighted by Crippen LogP contribution is -2.20. The summed E-state index contributed by atoms with van der Waals surface area (Å²) in [5, 5.41) is 2.96. The Hall–Kier alpha value is -3.60. The lowest BCUT2D eigenvalue weighted by Gasteiger charge is -2.11. The molecular formula is C23H21N3O2. The summed E-state index contributed by atoms with van der Waals surface area (Å²) in [6.45, 7) is 2.45. The van der Waals surface area contributed by atoms with E-state index in [0.717, 1.165) is 28.0 Å². The third-order valence-corrected chi connectivity index (χ3v) is 4.45. The summed E-state index contributed by atoms with van der Waals surface area (Å²) in [6, 6.07) is 25.1. The molecule has 0 aliphatic heterocycles. The number of nitrogens with one attached hydrogen (secondary N) is 1. The molecule has 0 spiro atoms. The molecule has 28 heavy (non-hydrogen) atoms. The normalized spacial score (nSPS) is 10.8. The molecule has 140 valence electrons. The van der Waals surface area contributed by atoms with E-state index in [4.69, 9.17) is 4.74 Å². The first-order chi connectivity index (χ1) is 13.7. The van der Waals surface area contributed by atoms with Crippen molar-refractivity contribution in [2.24, 2.45) is 0 Å². The van der Waals surface area contributed by atoms with Crippen LogP contribution in [0.4, 0.5) is 5.69 Å². The quantitative estimate of drug-likeness (QED) is 0.540. The predicted molar refractivity (Wildman–Crippen MR) is 110 cm³/mol. The van der Waals surface area contributed by atoms with Crippen molar-refractivity contribution >= 4 is 22.6 Å². The Kier molecular flexibility index (Phi) is 5.06. The lowest BCUT2D eigenvalue weighted by molar-refractivity contribution is -0.116. The molecule has 0 aliphatic rings. The van der Waals surface area contributed by atoms with Gasteiger partial charge in [-0.15, -0.1) is 0 Å². The SMILES string of the molecule is Cc1cccc(NC(=O)Cn2c(COc3ccccc3)nc3ccccc32)c1. The Morgan fingerprint density at radius 3 is 2.61 bits per heavy atom. The molecule has 1 amide bonds. The fourth-order valence-electron chi connectivity index (χ4n) is 3.14. The van der Waals surface area contributed by atoms with Gasteiger partial charge >= 0.3 is 0 Å². The van der Waals surface area contributed by atoms with Crippen LogP contribution in [0.2, 0.25) is 0 Å². The number of aryl methyl sites for hydroxylation is 1. The average molecular weight is 371 g/mol. The number of hydrogen-bond acceptors (Lipinski definition) is 3. The average Bonchev–Trinajstić information content (AvgIpc) is 3.05. The molecule has 0 atom stereocenters. The third kappa shape index (κ3) is 4.04. The first-order valence-electron chi connectivity index (χ1n) is 9.17. The lowest BCUT2D eigenvalue weighted by atomic mass is 10.2. The van der Waals surface area contributed by atoms with Crippen LogP contribution in [0, 0.1) is 6.92 Å². The molecule has 0 aliphatic carbocycles. The second-order valence-corrected chi connectivity index (χ2v) is 6.62. The van der Waals surface area contributed by atoms with Crippen LogP contribution in [0.15, 0.2) is 78.9 Å². The predicted octanol–water partition coefficient (Wildman–Crippen LogP) is 4.56. The number of hydrogen-bond donors (Lipinski definition) is 1. The number of benzene rings is 3. The van der Waals surface area contributed by atoms with Crippen molar-refractivity contribution in [3.8, 4) is 5.75 Å². The topological polar surface area (TPSA) is 56.2 Å². The highest BCUT2D eigenvalue weighted by molar-refractivity contribution is 5.91. The number of para-hydroxylation sites is 3. The first kappa shape index (κ1) is 17.8. The number of anilines is 1. The fraction of sp³-hybridized carbons (Fsp3) is 0.130. The van der Waals surface area contributed by atoms with E-state index in [2.05, 4.69) is 10.3 Å². The molecule has 0 bridgehead atoms. The number of fused-ring (bicyclic) bond motifs is 1. The number of amides is 1. The van der Waals surface area contributed by atoms with Crippen molar-refractivity contribution in [3.63, 3.8) is 0 Å². The van der Waals surface area contributed by atoms with Crippen molar-refractivity contribution in [1.29, 1.82) is 0 Å². The van der Waals surface area contributed by atoms with Crippen LogP contribution in [-0.2, 0) is 17.9 Å². The van der Waals surface area contributed by atoms with Crippen LogP contribution < -0.4 is 10.1 Å². The minimum atomic E-state index is -0.102. The highest BCUT2D eigenvalue weighted by Crippen LogP contribution is 2.19. The summed E-state index contributed by atoms with van der Waals surface area (Å²) in [6.07, 6.45) is 0. The van der Waals surface area contributed by atoms with E-state index in [1.165, 1.54) is 0 Å². The molecule has 1 aromatic heterocycles. The molecule has 1 heterocycles. The minimum Gasteiger partial charge on any atom is -0.486 e. The van der Waals surface area contributed by atoms with E-state index >= 15 is 0 Å². The second-order valence-electron chi connectivity index (χ2n) is 6.62. The van der Waals surface area contributed by atoms with Crippen LogP contribution in [0.5, 0.6) is 5.75 Å². The van der Waals surface area contributed by atoms with Gasteiger partial charge in [-0.1, -0.05) is 42.5 Å². The maximum Gasteiger partial charge on any atom is 0.244 e. The summed E-state index contributed by atoms with van der Waals surface area (Å²) in [7, 11) is 0.